The Morgan fingerprint density at radius 3 is 2.68 bits per heavy atom. The molecule has 0 radical (unpaired) electrons. The number of carbonyl (C=O) groups excluding carboxylic acids is 1. The van der Waals surface area contributed by atoms with Gasteiger partial charge < -0.3 is 5.32 Å². The van der Waals surface area contributed by atoms with E-state index in [1.54, 1.807) is 12.3 Å². The minimum atomic E-state index is -4.38. The maximum absolute atomic E-state index is 12.8. The summed E-state index contributed by atoms with van der Waals surface area (Å²) in [4.78, 5) is 12.4. The summed E-state index contributed by atoms with van der Waals surface area (Å²) < 4.78 is 40.0. The van der Waals surface area contributed by atoms with Gasteiger partial charge in [0.2, 0.25) is 5.91 Å². The molecule has 1 heterocycles. The van der Waals surface area contributed by atoms with Crippen molar-refractivity contribution in [1.29, 1.82) is 0 Å². The van der Waals surface area contributed by atoms with Gasteiger partial charge >= 0.3 is 6.18 Å². The summed E-state index contributed by atoms with van der Waals surface area (Å²) in [6.07, 6.45) is -0.434. The Morgan fingerprint density at radius 1 is 1.14 bits per heavy atom. The zero-order valence-corrected chi connectivity index (χ0v) is 14.9. The third-order valence-electron chi connectivity index (χ3n) is 4.85. The summed E-state index contributed by atoms with van der Waals surface area (Å²) in [5.41, 5.74) is 1.49. The van der Waals surface area contributed by atoms with Crippen LogP contribution >= 0.6 is 0 Å². The van der Waals surface area contributed by atoms with Gasteiger partial charge in [-0.3, -0.25) is 9.48 Å². The molecule has 3 aromatic rings. The molecule has 2 unspecified atom stereocenters. The van der Waals surface area contributed by atoms with Gasteiger partial charge in [0, 0.05) is 12.1 Å². The molecule has 2 aromatic carbocycles. The number of anilines is 1. The number of amides is 1. The lowest BCUT2D eigenvalue weighted by Crippen LogP contribution is -2.14. The van der Waals surface area contributed by atoms with Crippen molar-refractivity contribution >= 4 is 11.6 Å². The highest BCUT2D eigenvalue weighted by molar-refractivity contribution is 5.95. The molecule has 144 valence electrons. The number of halogens is 3. The fourth-order valence-electron chi connectivity index (χ4n) is 3.34. The van der Waals surface area contributed by atoms with Gasteiger partial charge in [-0.05, 0) is 35.6 Å². The van der Waals surface area contributed by atoms with Crippen LogP contribution in [0.2, 0.25) is 0 Å². The van der Waals surface area contributed by atoms with Gasteiger partial charge in [-0.15, -0.1) is 0 Å². The summed E-state index contributed by atoms with van der Waals surface area (Å²) in [5, 5.41) is 6.98. The number of alkyl halides is 3. The lowest BCUT2D eigenvalue weighted by Gasteiger charge is -2.08. The largest absolute Gasteiger partial charge is 0.416 e. The molecule has 1 aliphatic carbocycles. The first-order valence-corrected chi connectivity index (χ1v) is 8.94. The molecule has 0 aliphatic heterocycles. The van der Waals surface area contributed by atoms with Crippen molar-refractivity contribution in [2.75, 3.05) is 5.32 Å². The second-order valence-corrected chi connectivity index (χ2v) is 6.97. The van der Waals surface area contributed by atoms with Gasteiger partial charge in [0.25, 0.3) is 0 Å². The molecule has 1 aromatic heterocycles. The molecule has 0 spiro atoms. The van der Waals surface area contributed by atoms with Gasteiger partial charge in [-0.1, -0.05) is 42.5 Å². The Balaban J connectivity index is 1.37. The van der Waals surface area contributed by atoms with Gasteiger partial charge in [0.15, 0.2) is 0 Å². The topological polar surface area (TPSA) is 46.9 Å². The number of rotatable bonds is 5. The fraction of sp³-hybridized carbons (Fsp3) is 0.238. The number of carbonyl (C=O) groups is 1. The molecular weight excluding hydrogens is 367 g/mol. The van der Waals surface area contributed by atoms with Gasteiger partial charge in [-0.2, -0.15) is 18.3 Å². The summed E-state index contributed by atoms with van der Waals surface area (Å²) in [6.45, 7) is 0.190. The van der Waals surface area contributed by atoms with E-state index in [9.17, 15) is 18.0 Å². The van der Waals surface area contributed by atoms with E-state index in [4.69, 9.17) is 0 Å². The molecule has 1 N–H and O–H groups in total. The van der Waals surface area contributed by atoms with Crippen LogP contribution < -0.4 is 5.32 Å². The molecule has 4 rings (SSSR count). The zero-order valence-electron chi connectivity index (χ0n) is 14.9. The predicted molar refractivity (Wildman–Crippen MR) is 98.7 cm³/mol. The first-order chi connectivity index (χ1) is 13.4. The molecule has 0 saturated heterocycles. The van der Waals surface area contributed by atoms with Gasteiger partial charge in [-0.25, -0.2) is 0 Å². The standard InChI is InChI=1S/C21H18F3N3O/c22-21(23,24)16-8-4-5-14(9-16)12-27-13-17(11-25-27)26-20(28)19-10-18(19)15-6-2-1-3-7-15/h1-9,11,13,18-19H,10,12H2,(H,26,28). The van der Waals surface area contributed by atoms with Crippen LogP contribution in [-0.4, -0.2) is 15.7 Å². The average Bonchev–Trinajstić information content (AvgIpc) is 3.37. The number of nitrogens with zero attached hydrogens (tertiary/aromatic N) is 2. The van der Waals surface area contributed by atoms with E-state index in [-0.39, 0.29) is 24.3 Å². The molecular formula is C21H18F3N3O. The second-order valence-electron chi connectivity index (χ2n) is 6.97. The van der Waals surface area contributed by atoms with E-state index in [0.29, 0.717) is 11.3 Å². The summed E-state index contributed by atoms with van der Waals surface area (Å²) in [7, 11) is 0. The Kier molecular flexibility index (Phi) is 4.66. The number of hydrogen-bond donors (Lipinski definition) is 1. The Labute approximate surface area is 160 Å². The van der Waals surface area contributed by atoms with E-state index in [0.717, 1.165) is 24.1 Å². The number of aromatic nitrogens is 2. The van der Waals surface area contributed by atoms with Crippen molar-refractivity contribution in [3.63, 3.8) is 0 Å². The molecule has 4 nitrogen and oxygen atoms in total. The summed E-state index contributed by atoms with van der Waals surface area (Å²) >= 11 is 0. The minimum absolute atomic E-state index is 0.0609. The monoisotopic (exact) mass is 385 g/mol. The minimum Gasteiger partial charge on any atom is -0.323 e. The van der Waals surface area contributed by atoms with Crippen LogP contribution in [0, 0.1) is 5.92 Å². The van der Waals surface area contributed by atoms with Crippen LogP contribution in [0.3, 0.4) is 0 Å². The highest BCUT2D eigenvalue weighted by Gasteiger charge is 2.43. The SMILES string of the molecule is O=C(Nc1cnn(Cc2cccc(C(F)(F)F)c2)c1)C1CC1c1ccccc1. The predicted octanol–water partition coefficient (Wildman–Crippen LogP) is 4.69. The van der Waals surface area contributed by atoms with Gasteiger partial charge in [0.1, 0.15) is 0 Å². The van der Waals surface area contributed by atoms with Crippen molar-refractivity contribution in [3.8, 4) is 0 Å². The normalized spacial score (nSPS) is 18.7. The quantitative estimate of drug-likeness (QED) is 0.693. The van der Waals surface area contributed by atoms with E-state index in [2.05, 4.69) is 10.4 Å². The lowest BCUT2D eigenvalue weighted by atomic mass is 10.1. The molecule has 1 fully saturated rings. The second kappa shape index (κ2) is 7.14. The molecule has 2 atom stereocenters. The molecule has 1 saturated carbocycles. The van der Waals surface area contributed by atoms with Crippen LogP contribution in [0.4, 0.5) is 18.9 Å². The van der Waals surface area contributed by atoms with Crippen LogP contribution in [0.5, 0.6) is 0 Å². The maximum Gasteiger partial charge on any atom is 0.416 e. The van der Waals surface area contributed by atoms with E-state index in [1.807, 2.05) is 30.3 Å². The summed E-state index contributed by atoms with van der Waals surface area (Å²) in [5.74, 6) is 0.114. The maximum atomic E-state index is 12.8. The Morgan fingerprint density at radius 2 is 1.93 bits per heavy atom. The van der Waals surface area contributed by atoms with Crippen molar-refractivity contribution in [3.05, 3.63) is 83.7 Å². The molecule has 1 amide bonds. The van der Waals surface area contributed by atoms with Crippen molar-refractivity contribution in [2.24, 2.45) is 5.92 Å². The molecule has 7 heteroatoms. The third kappa shape index (κ3) is 4.08. The fourth-order valence-corrected chi connectivity index (χ4v) is 3.34. The van der Waals surface area contributed by atoms with Crippen LogP contribution in [0.1, 0.15) is 29.0 Å². The molecule has 28 heavy (non-hydrogen) atoms. The number of nitrogens with one attached hydrogen (secondary N) is 1. The third-order valence-corrected chi connectivity index (χ3v) is 4.85. The van der Waals surface area contributed by atoms with Crippen molar-refractivity contribution in [1.82, 2.24) is 9.78 Å². The smallest absolute Gasteiger partial charge is 0.323 e. The highest BCUT2D eigenvalue weighted by atomic mass is 19.4. The van der Waals surface area contributed by atoms with E-state index in [1.165, 1.54) is 16.9 Å². The number of hydrogen-bond acceptors (Lipinski definition) is 2. The molecule has 1 aliphatic rings. The average molecular weight is 385 g/mol. The first kappa shape index (κ1) is 18.3. The van der Waals surface area contributed by atoms with Crippen LogP contribution in [0.15, 0.2) is 67.0 Å². The lowest BCUT2D eigenvalue weighted by molar-refractivity contribution is -0.137. The van der Waals surface area contributed by atoms with Crippen LogP contribution in [-0.2, 0) is 17.5 Å². The summed E-state index contributed by atoms with van der Waals surface area (Å²) in [6, 6.07) is 15.0. The van der Waals surface area contributed by atoms with Crippen LogP contribution in [0.25, 0.3) is 0 Å². The Bertz CT molecular complexity index is 982. The van der Waals surface area contributed by atoms with E-state index >= 15 is 0 Å². The van der Waals surface area contributed by atoms with Crippen molar-refractivity contribution in [2.45, 2.75) is 25.1 Å². The number of benzene rings is 2. The van der Waals surface area contributed by atoms with Gasteiger partial charge in [0.05, 0.1) is 24.0 Å². The first-order valence-electron chi connectivity index (χ1n) is 8.94. The molecule has 0 bridgehead atoms. The Hall–Kier alpha value is -3.09. The van der Waals surface area contributed by atoms with E-state index < -0.39 is 11.7 Å². The highest BCUT2D eigenvalue weighted by Crippen LogP contribution is 2.47. The zero-order chi connectivity index (χ0) is 19.7. The van der Waals surface area contributed by atoms with Crippen molar-refractivity contribution < 1.29 is 18.0 Å².